The molecule has 2 N–H and O–H groups in total. The van der Waals surface area contributed by atoms with E-state index in [1.165, 1.54) is 0 Å². The fourth-order valence-corrected chi connectivity index (χ4v) is 4.75. The molecule has 0 aromatic carbocycles. The molecule has 0 aromatic rings. The van der Waals surface area contributed by atoms with Gasteiger partial charge >= 0.3 is 12.0 Å². The molecule has 0 unspecified atom stereocenters. The van der Waals surface area contributed by atoms with Gasteiger partial charge in [0.1, 0.15) is 5.54 Å². The average Bonchev–Trinajstić information content (AvgIpc) is 3.22. The van der Waals surface area contributed by atoms with Gasteiger partial charge < -0.3 is 20.2 Å². The van der Waals surface area contributed by atoms with Crippen LogP contribution in [-0.2, 0) is 9.59 Å². The standard InChI is InChI=1S/C20H33N3O4/c1-2-15-5-9-20(10-6-15,18(25)26)21-17(24)16-7-13-23(14-8-16)19(27)22-11-3-4-12-22/h15-16H,2-14H2,1H3,(H,21,24)(H,25,26). The fourth-order valence-electron chi connectivity index (χ4n) is 4.75. The number of piperidine rings is 1. The van der Waals surface area contributed by atoms with Crippen molar-refractivity contribution in [1.29, 1.82) is 0 Å². The van der Waals surface area contributed by atoms with Crippen molar-refractivity contribution in [2.24, 2.45) is 11.8 Å². The molecule has 3 amide bonds. The number of likely N-dealkylation sites (tertiary alicyclic amines) is 2. The summed E-state index contributed by atoms with van der Waals surface area (Å²) in [5.41, 5.74) is -1.11. The second-order valence-electron chi connectivity index (χ2n) is 8.47. The molecule has 2 aliphatic heterocycles. The van der Waals surface area contributed by atoms with Crippen LogP contribution in [0.4, 0.5) is 4.79 Å². The number of hydrogen-bond donors (Lipinski definition) is 2. The minimum atomic E-state index is -1.11. The first-order valence-electron chi connectivity index (χ1n) is 10.5. The summed E-state index contributed by atoms with van der Waals surface area (Å²) in [5, 5.41) is 12.7. The number of carbonyl (C=O) groups is 3. The van der Waals surface area contributed by atoms with E-state index in [0.29, 0.717) is 44.7 Å². The first kappa shape index (κ1) is 20.0. The second-order valence-corrected chi connectivity index (χ2v) is 8.47. The first-order chi connectivity index (χ1) is 12.9. The van der Waals surface area contributed by atoms with Crippen molar-refractivity contribution in [1.82, 2.24) is 15.1 Å². The lowest BCUT2D eigenvalue weighted by molar-refractivity contribution is -0.150. The predicted octanol–water partition coefficient (Wildman–Crippen LogP) is 2.45. The third-order valence-electron chi connectivity index (χ3n) is 6.82. The van der Waals surface area contributed by atoms with Crippen LogP contribution in [0.2, 0.25) is 0 Å². The second kappa shape index (κ2) is 8.48. The van der Waals surface area contributed by atoms with E-state index in [4.69, 9.17) is 0 Å². The van der Waals surface area contributed by atoms with E-state index in [0.717, 1.165) is 45.2 Å². The van der Waals surface area contributed by atoms with Crippen LogP contribution in [0.3, 0.4) is 0 Å². The molecule has 1 aliphatic carbocycles. The Labute approximate surface area is 161 Å². The Morgan fingerprint density at radius 2 is 1.52 bits per heavy atom. The topological polar surface area (TPSA) is 90.0 Å². The van der Waals surface area contributed by atoms with Crippen LogP contribution >= 0.6 is 0 Å². The smallest absolute Gasteiger partial charge is 0.329 e. The number of nitrogens with zero attached hydrogens (tertiary/aromatic N) is 2. The van der Waals surface area contributed by atoms with Crippen molar-refractivity contribution in [3.8, 4) is 0 Å². The molecular weight excluding hydrogens is 346 g/mol. The highest BCUT2D eigenvalue weighted by Crippen LogP contribution is 2.34. The molecule has 3 fully saturated rings. The monoisotopic (exact) mass is 379 g/mol. The first-order valence-corrected chi connectivity index (χ1v) is 10.5. The van der Waals surface area contributed by atoms with Crippen molar-refractivity contribution < 1.29 is 19.5 Å². The molecule has 3 aliphatic rings. The van der Waals surface area contributed by atoms with Crippen molar-refractivity contribution >= 4 is 17.9 Å². The van der Waals surface area contributed by atoms with Gasteiger partial charge in [-0.3, -0.25) is 4.79 Å². The molecule has 3 rings (SSSR count). The molecule has 0 spiro atoms. The molecule has 7 nitrogen and oxygen atoms in total. The molecule has 2 heterocycles. The summed E-state index contributed by atoms with van der Waals surface area (Å²) in [6, 6.07) is 0.0891. The number of carboxylic acids is 1. The molecule has 0 radical (unpaired) electrons. The molecule has 0 bridgehead atoms. The zero-order valence-corrected chi connectivity index (χ0v) is 16.4. The number of amides is 3. The van der Waals surface area contributed by atoms with Crippen LogP contribution in [0.1, 0.15) is 64.7 Å². The average molecular weight is 380 g/mol. The highest BCUT2D eigenvalue weighted by Gasteiger charge is 2.44. The van der Waals surface area contributed by atoms with Gasteiger partial charge in [0.2, 0.25) is 5.91 Å². The van der Waals surface area contributed by atoms with E-state index in [1.807, 2.05) is 9.80 Å². The van der Waals surface area contributed by atoms with Gasteiger partial charge in [0.15, 0.2) is 0 Å². The zero-order valence-electron chi connectivity index (χ0n) is 16.4. The predicted molar refractivity (Wildman–Crippen MR) is 101 cm³/mol. The van der Waals surface area contributed by atoms with Gasteiger partial charge in [-0.15, -0.1) is 0 Å². The molecular formula is C20H33N3O4. The van der Waals surface area contributed by atoms with E-state index in [2.05, 4.69) is 12.2 Å². The maximum Gasteiger partial charge on any atom is 0.329 e. The van der Waals surface area contributed by atoms with Crippen molar-refractivity contribution in [3.63, 3.8) is 0 Å². The Hall–Kier alpha value is -1.79. The molecule has 2 saturated heterocycles. The Bertz CT molecular complexity index is 558. The summed E-state index contributed by atoms with van der Waals surface area (Å²) in [6.45, 7) is 4.95. The van der Waals surface area contributed by atoms with Gasteiger partial charge in [0.05, 0.1) is 0 Å². The Morgan fingerprint density at radius 1 is 0.963 bits per heavy atom. The Morgan fingerprint density at radius 3 is 2.04 bits per heavy atom. The number of carbonyl (C=O) groups excluding carboxylic acids is 2. The summed E-state index contributed by atoms with van der Waals surface area (Å²) in [5.74, 6) is -0.699. The minimum Gasteiger partial charge on any atom is -0.480 e. The summed E-state index contributed by atoms with van der Waals surface area (Å²) in [7, 11) is 0. The summed E-state index contributed by atoms with van der Waals surface area (Å²) in [6.07, 6.45) is 7.15. The van der Waals surface area contributed by atoms with Crippen LogP contribution in [0.25, 0.3) is 0 Å². The van der Waals surface area contributed by atoms with Crippen molar-refractivity contribution in [2.75, 3.05) is 26.2 Å². The lowest BCUT2D eigenvalue weighted by atomic mass is 9.75. The van der Waals surface area contributed by atoms with E-state index >= 15 is 0 Å². The third-order valence-corrected chi connectivity index (χ3v) is 6.82. The number of carboxylic acid groups (broad SMARTS) is 1. The third kappa shape index (κ3) is 4.38. The van der Waals surface area contributed by atoms with E-state index in [1.54, 1.807) is 0 Å². The number of rotatable bonds is 4. The van der Waals surface area contributed by atoms with Crippen LogP contribution in [-0.4, -0.2) is 64.5 Å². The molecule has 0 atom stereocenters. The van der Waals surface area contributed by atoms with Gasteiger partial charge in [0.25, 0.3) is 0 Å². The highest BCUT2D eigenvalue weighted by atomic mass is 16.4. The Kier molecular flexibility index (Phi) is 6.27. The van der Waals surface area contributed by atoms with Crippen LogP contribution in [0.5, 0.6) is 0 Å². The van der Waals surface area contributed by atoms with Crippen molar-refractivity contribution in [2.45, 2.75) is 70.3 Å². The molecule has 7 heteroatoms. The number of hydrogen-bond acceptors (Lipinski definition) is 3. The molecule has 0 aromatic heterocycles. The highest BCUT2D eigenvalue weighted by molar-refractivity contribution is 5.88. The molecule has 152 valence electrons. The van der Waals surface area contributed by atoms with Gasteiger partial charge in [-0.2, -0.15) is 0 Å². The van der Waals surface area contributed by atoms with Crippen LogP contribution < -0.4 is 5.32 Å². The minimum absolute atomic E-state index is 0.0891. The van der Waals surface area contributed by atoms with Gasteiger partial charge in [-0.1, -0.05) is 13.3 Å². The SMILES string of the molecule is CCC1CCC(NC(=O)C2CCN(C(=O)N3CCCC3)CC2)(C(=O)O)CC1. The van der Waals surface area contributed by atoms with Crippen molar-refractivity contribution in [3.05, 3.63) is 0 Å². The summed E-state index contributed by atoms with van der Waals surface area (Å²) in [4.78, 5) is 40.9. The zero-order chi connectivity index (χ0) is 19.4. The number of aliphatic carboxylic acids is 1. The van der Waals surface area contributed by atoms with Crippen LogP contribution in [0.15, 0.2) is 0 Å². The summed E-state index contributed by atoms with van der Waals surface area (Å²) >= 11 is 0. The Balaban J connectivity index is 1.52. The van der Waals surface area contributed by atoms with Gasteiger partial charge in [-0.25, -0.2) is 9.59 Å². The van der Waals surface area contributed by atoms with Crippen LogP contribution in [0, 0.1) is 11.8 Å². The normalized spacial score (nSPS) is 29.6. The lowest BCUT2D eigenvalue weighted by Crippen LogP contribution is -2.58. The molecule has 1 saturated carbocycles. The molecule has 27 heavy (non-hydrogen) atoms. The lowest BCUT2D eigenvalue weighted by Gasteiger charge is -2.39. The largest absolute Gasteiger partial charge is 0.480 e. The summed E-state index contributed by atoms with van der Waals surface area (Å²) < 4.78 is 0. The van der Waals surface area contributed by atoms with E-state index in [-0.39, 0.29) is 17.9 Å². The van der Waals surface area contributed by atoms with E-state index < -0.39 is 11.5 Å². The maximum atomic E-state index is 12.8. The maximum absolute atomic E-state index is 12.8. The number of urea groups is 1. The number of nitrogens with one attached hydrogen (secondary N) is 1. The fraction of sp³-hybridized carbons (Fsp3) is 0.850. The van der Waals surface area contributed by atoms with E-state index in [9.17, 15) is 19.5 Å². The quantitative estimate of drug-likeness (QED) is 0.785. The van der Waals surface area contributed by atoms with Gasteiger partial charge in [0, 0.05) is 32.1 Å². The van der Waals surface area contributed by atoms with Gasteiger partial charge in [-0.05, 0) is 57.3 Å².